The second kappa shape index (κ2) is 8.03. The van der Waals surface area contributed by atoms with Crippen molar-refractivity contribution in [3.05, 3.63) is 0 Å². The standard InChI is InChI=1S/C10H16N2O7/c11-5(1-3-7(13)14)9(17)12-6(10(18)19)2-4-8(15)16/h5-6H,1-4,11H2,(H,12,17)(H,13,14)(H,15,16)(H,18,19)/t5-,6-/m0/s1/i3D/t3?,5-,6-. The fourth-order valence-electron chi connectivity index (χ4n) is 1.14. The molecule has 1 amide bonds. The molecule has 9 nitrogen and oxygen atoms in total. The van der Waals surface area contributed by atoms with Crippen molar-refractivity contribution in [2.24, 2.45) is 5.73 Å². The lowest BCUT2D eigenvalue weighted by molar-refractivity contribution is -0.143. The van der Waals surface area contributed by atoms with Crippen LogP contribution in [-0.4, -0.2) is 51.2 Å². The lowest BCUT2D eigenvalue weighted by Gasteiger charge is -2.16. The van der Waals surface area contributed by atoms with Crippen LogP contribution in [0.1, 0.15) is 27.0 Å². The summed E-state index contributed by atoms with van der Waals surface area (Å²) in [5, 5.41) is 27.8. The van der Waals surface area contributed by atoms with E-state index >= 15 is 0 Å². The van der Waals surface area contributed by atoms with Crippen LogP contribution in [0.15, 0.2) is 0 Å². The highest BCUT2D eigenvalue weighted by atomic mass is 16.4. The van der Waals surface area contributed by atoms with Gasteiger partial charge >= 0.3 is 17.9 Å². The predicted molar refractivity (Wildman–Crippen MR) is 61.3 cm³/mol. The lowest BCUT2D eigenvalue weighted by atomic mass is 10.1. The molecule has 0 bridgehead atoms. The summed E-state index contributed by atoms with van der Waals surface area (Å²) in [5.41, 5.74) is 5.36. The van der Waals surface area contributed by atoms with Gasteiger partial charge in [0.05, 0.1) is 6.04 Å². The van der Waals surface area contributed by atoms with E-state index in [-0.39, 0.29) is 6.42 Å². The van der Waals surface area contributed by atoms with Crippen molar-refractivity contribution >= 4 is 23.8 Å². The largest absolute Gasteiger partial charge is 0.481 e. The molecule has 0 aliphatic heterocycles. The van der Waals surface area contributed by atoms with E-state index in [1.54, 1.807) is 0 Å². The van der Waals surface area contributed by atoms with Gasteiger partial charge < -0.3 is 26.4 Å². The minimum Gasteiger partial charge on any atom is -0.481 e. The van der Waals surface area contributed by atoms with Gasteiger partial charge in [-0.15, -0.1) is 0 Å². The minimum atomic E-state index is -1.60. The molecule has 0 fully saturated rings. The van der Waals surface area contributed by atoms with Crippen LogP contribution in [0.2, 0.25) is 0 Å². The summed E-state index contributed by atoms with van der Waals surface area (Å²) in [6.45, 7) is 0. The Kier molecular flexibility index (Phi) is 6.30. The zero-order chi connectivity index (χ0) is 15.9. The maximum Gasteiger partial charge on any atom is 0.326 e. The van der Waals surface area contributed by atoms with Crippen LogP contribution in [0.3, 0.4) is 0 Å². The van der Waals surface area contributed by atoms with Crippen molar-refractivity contribution in [3.8, 4) is 0 Å². The van der Waals surface area contributed by atoms with Gasteiger partial charge in [0.2, 0.25) is 5.91 Å². The smallest absolute Gasteiger partial charge is 0.326 e. The second-order valence-corrected chi connectivity index (χ2v) is 3.72. The van der Waals surface area contributed by atoms with Gasteiger partial charge in [0.25, 0.3) is 0 Å². The number of hydrogen-bond acceptors (Lipinski definition) is 5. The van der Waals surface area contributed by atoms with Crippen LogP contribution in [0.5, 0.6) is 0 Å². The lowest BCUT2D eigenvalue weighted by Crippen LogP contribution is -2.48. The van der Waals surface area contributed by atoms with Crippen LogP contribution in [-0.2, 0) is 19.2 Å². The highest BCUT2D eigenvalue weighted by molar-refractivity contribution is 5.87. The molecule has 108 valence electrons. The Labute approximate surface area is 109 Å². The molecule has 19 heavy (non-hydrogen) atoms. The topological polar surface area (TPSA) is 167 Å². The molecule has 9 heteroatoms. The third-order valence-electron chi connectivity index (χ3n) is 2.14. The molecule has 0 aromatic heterocycles. The number of aliphatic carboxylic acids is 3. The molecular weight excluding hydrogens is 260 g/mol. The first-order valence-electron chi connectivity index (χ1n) is 5.88. The van der Waals surface area contributed by atoms with E-state index in [9.17, 15) is 19.2 Å². The van der Waals surface area contributed by atoms with Gasteiger partial charge in [0.1, 0.15) is 6.04 Å². The Morgan fingerprint density at radius 2 is 1.68 bits per heavy atom. The minimum absolute atomic E-state index is 0.327. The Hall–Kier alpha value is -2.16. The van der Waals surface area contributed by atoms with Gasteiger partial charge in [-0.1, -0.05) is 0 Å². The molecule has 0 rings (SSSR count). The molecule has 0 saturated carbocycles. The number of carboxylic acids is 3. The number of nitrogens with one attached hydrogen (secondary N) is 1. The number of carbonyl (C=O) groups is 4. The van der Waals surface area contributed by atoms with E-state index in [2.05, 4.69) is 0 Å². The molecule has 3 atom stereocenters. The normalized spacial score (nSPS) is 15.7. The summed E-state index contributed by atoms with van der Waals surface area (Å²) in [6, 6.07) is -2.79. The number of rotatable bonds is 9. The zero-order valence-electron chi connectivity index (χ0n) is 10.9. The van der Waals surface area contributed by atoms with E-state index in [1.807, 2.05) is 5.32 Å². The fraction of sp³-hybridized carbons (Fsp3) is 0.600. The molecule has 1 unspecified atom stereocenters. The number of nitrogens with two attached hydrogens (primary N) is 1. The molecule has 6 N–H and O–H groups in total. The van der Waals surface area contributed by atoms with Gasteiger partial charge in [0, 0.05) is 14.2 Å². The molecule has 0 aromatic carbocycles. The molecule has 0 aliphatic rings. The van der Waals surface area contributed by atoms with Crippen molar-refractivity contribution in [3.63, 3.8) is 0 Å². The van der Waals surface area contributed by atoms with Crippen molar-refractivity contribution in [1.82, 2.24) is 5.32 Å². The van der Waals surface area contributed by atoms with Crippen molar-refractivity contribution in [2.75, 3.05) is 0 Å². The highest BCUT2D eigenvalue weighted by Crippen LogP contribution is 2.01. The predicted octanol–water partition coefficient (Wildman–Crippen LogP) is -1.39. The van der Waals surface area contributed by atoms with Crippen molar-refractivity contribution < 1.29 is 35.9 Å². The highest BCUT2D eigenvalue weighted by Gasteiger charge is 2.24. The Balaban J connectivity index is 4.47. The monoisotopic (exact) mass is 277 g/mol. The van der Waals surface area contributed by atoms with Crippen LogP contribution in [0, 0.1) is 0 Å². The first-order chi connectivity index (χ1) is 9.15. The molecule has 0 saturated heterocycles. The summed E-state index contributed by atoms with van der Waals surface area (Å²) in [5.74, 6) is -5.03. The maximum absolute atomic E-state index is 11.5. The number of amides is 1. The van der Waals surface area contributed by atoms with E-state index in [0.29, 0.717) is 0 Å². The first kappa shape index (κ1) is 14.9. The Morgan fingerprint density at radius 1 is 1.11 bits per heavy atom. The summed E-state index contributed by atoms with van der Waals surface area (Å²) in [4.78, 5) is 43.1. The van der Waals surface area contributed by atoms with Gasteiger partial charge in [-0.2, -0.15) is 0 Å². The van der Waals surface area contributed by atoms with Crippen LogP contribution in [0.25, 0.3) is 0 Å². The van der Waals surface area contributed by atoms with Gasteiger partial charge in [0.15, 0.2) is 0 Å². The summed E-state index contributed by atoms with van der Waals surface area (Å²) >= 11 is 0. The average Bonchev–Trinajstić information content (AvgIpc) is 2.32. The summed E-state index contributed by atoms with van der Waals surface area (Å²) in [7, 11) is 0. The molecule has 0 radical (unpaired) electrons. The van der Waals surface area contributed by atoms with E-state index < -0.39 is 55.1 Å². The number of carbonyl (C=O) groups excluding carboxylic acids is 1. The SMILES string of the molecule is [2H]C(C[C@H](N)C(=O)N[C@@H](CCC(=O)O)C(=O)O)C(=O)O. The number of carboxylic acid groups (broad SMARTS) is 3. The summed E-state index contributed by atoms with van der Waals surface area (Å²) < 4.78 is 7.10. The Bertz CT molecular complexity index is 401. The quantitative estimate of drug-likeness (QED) is 0.343. The van der Waals surface area contributed by atoms with Gasteiger partial charge in [-0.05, 0) is 12.8 Å². The van der Waals surface area contributed by atoms with Crippen LogP contribution in [0.4, 0.5) is 0 Å². The van der Waals surface area contributed by atoms with Crippen LogP contribution >= 0.6 is 0 Å². The summed E-state index contributed by atoms with van der Waals surface area (Å²) in [6.07, 6.45) is -2.86. The second-order valence-electron chi connectivity index (χ2n) is 3.72. The molecule has 0 heterocycles. The van der Waals surface area contributed by atoms with E-state index in [1.165, 1.54) is 0 Å². The van der Waals surface area contributed by atoms with E-state index in [0.717, 1.165) is 0 Å². The fourth-order valence-corrected chi connectivity index (χ4v) is 1.14. The molecule has 0 aliphatic carbocycles. The van der Waals surface area contributed by atoms with E-state index in [4.69, 9.17) is 22.4 Å². The molecule has 0 spiro atoms. The Morgan fingerprint density at radius 3 is 2.11 bits per heavy atom. The first-order valence-corrected chi connectivity index (χ1v) is 5.30. The maximum atomic E-state index is 11.5. The van der Waals surface area contributed by atoms with Gasteiger partial charge in [-0.3, -0.25) is 14.4 Å². The molecule has 0 aromatic rings. The third kappa shape index (κ3) is 7.71. The average molecular weight is 277 g/mol. The third-order valence-corrected chi connectivity index (χ3v) is 2.14. The van der Waals surface area contributed by atoms with Gasteiger partial charge in [-0.25, -0.2) is 4.79 Å². The van der Waals surface area contributed by atoms with Crippen molar-refractivity contribution in [2.45, 2.75) is 37.7 Å². The van der Waals surface area contributed by atoms with Crippen molar-refractivity contribution in [1.29, 1.82) is 0 Å². The van der Waals surface area contributed by atoms with Crippen LogP contribution < -0.4 is 11.1 Å². The number of hydrogen-bond donors (Lipinski definition) is 5. The molecular formula is C10H16N2O7. The zero-order valence-corrected chi connectivity index (χ0v) is 9.91.